The standard InChI is InChI=1S/C28H35N5O4/c1-19(2)25(28(35)37-4)31-26-22-7-5-6-8-23(22)29-24(30-26)18-33-15-13-32(14-16-33)17-20-9-11-21(12-10-20)27(34)36-3/h5-12,19,25H,13-18H2,1-4H3,(H,29,30,31)/t25-/m0/s1. The lowest BCUT2D eigenvalue weighted by Gasteiger charge is -2.34. The summed E-state index contributed by atoms with van der Waals surface area (Å²) in [7, 11) is 2.79. The first kappa shape index (κ1) is 26.5. The summed E-state index contributed by atoms with van der Waals surface area (Å²) in [5.74, 6) is 0.781. The predicted octanol–water partition coefficient (Wildman–Crippen LogP) is 3.34. The van der Waals surface area contributed by atoms with E-state index >= 15 is 0 Å². The Balaban J connectivity index is 1.41. The number of piperazine rings is 1. The van der Waals surface area contributed by atoms with Crippen molar-refractivity contribution in [2.45, 2.75) is 33.0 Å². The molecule has 1 aromatic heterocycles. The molecule has 37 heavy (non-hydrogen) atoms. The number of anilines is 1. The molecule has 1 N–H and O–H groups in total. The second-order valence-electron chi connectivity index (χ2n) is 9.64. The van der Waals surface area contributed by atoms with Crippen molar-refractivity contribution < 1.29 is 19.1 Å². The molecule has 9 heteroatoms. The number of nitrogens with one attached hydrogen (secondary N) is 1. The molecule has 0 radical (unpaired) electrons. The first-order chi connectivity index (χ1) is 17.9. The Morgan fingerprint density at radius 2 is 1.54 bits per heavy atom. The SMILES string of the molecule is COC(=O)c1ccc(CN2CCN(Cc3nc(N[C@H](C(=O)OC)C(C)C)c4ccccc4n3)CC2)cc1. The average Bonchev–Trinajstić information content (AvgIpc) is 2.92. The highest BCUT2D eigenvalue weighted by molar-refractivity contribution is 5.91. The number of ether oxygens (including phenoxy) is 2. The molecule has 196 valence electrons. The summed E-state index contributed by atoms with van der Waals surface area (Å²) < 4.78 is 9.78. The van der Waals surface area contributed by atoms with Gasteiger partial charge in [-0.1, -0.05) is 38.1 Å². The number of methoxy groups -OCH3 is 2. The third-order valence-electron chi connectivity index (χ3n) is 6.67. The lowest BCUT2D eigenvalue weighted by atomic mass is 10.0. The van der Waals surface area contributed by atoms with E-state index in [1.165, 1.54) is 19.8 Å². The monoisotopic (exact) mass is 505 g/mol. The maximum Gasteiger partial charge on any atom is 0.337 e. The third kappa shape index (κ3) is 6.61. The molecule has 3 aromatic rings. The molecule has 0 saturated carbocycles. The highest BCUT2D eigenvalue weighted by Gasteiger charge is 2.25. The van der Waals surface area contributed by atoms with Gasteiger partial charge in [0, 0.05) is 38.1 Å². The fraction of sp³-hybridized carbons (Fsp3) is 0.429. The number of nitrogens with zero attached hydrogens (tertiary/aromatic N) is 4. The van der Waals surface area contributed by atoms with Crippen LogP contribution < -0.4 is 5.32 Å². The largest absolute Gasteiger partial charge is 0.467 e. The van der Waals surface area contributed by atoms with Gasteiger partial charge in [0.15, 0.2) is 0 Å². The third-order valence-corrected chi connectivity index (χ3v) is 6.67. The topological polar surface area (TPSA) is 96.9 Å². The number of carbonyl (C=O) groups excluding carboxylic acids is 2. The van der Waals surface area contributed by atoms with Crippen molar-refractivity contribution in [1.82, 2.24) is 19.8 Å². The molecule has 0 spiro atoms. The second-order valence-corrected chi connectivity index (χ2v) is 9.64. The molecular weight excluding hydrogens is 470 g/mol. The zero-order valence-electron chi connectivity index (χ0n) is 21.9. The van der Waals surface area contributed by atoms with E-state index in [9.17, 15) is 9.59 Å². The molecule has 1 aliphatic rings. The van der Waals surface area contributed by atoms with Crippen LogP contribution in [0.25, 0.3) is 10.9 Å². The Morgan fingerprint density at radius 3 is 2.16 bits per heavy atom. The minimum atomic E-state index is -0.499. The molecule has 0 aliphatic carbocycles. The van der Waals surface area contributed by atoms with Gasteiger partial charge in [-0.2, -0.15) is 0 Å². The van der Waals surface area contributed by atoms with Crippen LogP contribution in [-0.2, 0) is 27.4 Å². The fourth-order valence-corrected chi connectivity index (χ4v) is 4.51. The number of fused-ring (bicyclic) bond motifs is 1. The van der Waals surface area contributed by atoms with Crippen LogP contribution in [0, 0.1) is 5.92 Å². The van der Waals surface area contributed by atoms with E-state index < -0.39 is 6.04 Å². The highest BCUT2D eigenvalue weighted by atomic mass is 16.5. The minimum Gasteiger partial charge on any atom is -0.467 e. The normalized spacial score (nSPS) is 15.5. The summed E-state index contributed by atoms with van der Waals surface area (Å²) in [6.07, 6.45) is 0. The summed E-state index contributed by atoms with van der Waals surface area (Å²) in [4.78, 5) is 38.4. The lowest BCUT2D eigenvalue weighted by Crippen LogP contribution is -2.45. The van der Waals surface area contributed by atoms with E-state index in [4.69, 9.17) is 19.4 Å². The number of carbonyl (C=O) groups is 2. The van der Waals surface area contributed by atoms with Gasteiger partial charge in [0.2, 0.25) is 0 Å². The van der Waals surface area contributed by atoms with E-state index in [1.54, 1.807) is 0 Å². The van der Waals surface area contributed by atoms with E-state index in [-0.39, 0.29) is 17.9 Å². The second kappa shape index (κ2) is 12.1. The smallest absolute Gasteiger partial charge is 0.337 e. The minimum absolute atomic E-state index is 0.0365. The van der Waals surface area contributed by atoms with Gasteiger partial charge < -0.3 is 14.8 Å². The molecule has 2 heterocycles. The van der Waals surface area contributed by atoms with E-state index in [1.807, 2.05) is 62.4 Å². The number of esters is 2. The summed E-state index contributed by atoms with van der Waals surface area (Å²) in [5.41, 5.74) is 2.57. The van der Waals surface area contributed by atoms with Crippen LogP contribution in [0.2, 0.25) is 0 Å². The first-order valence-corrected chi connectivity index (χ1v) is 12.6. The average molecular weight is 506 g/mol. The molecule has 9 nitrogen and oxygen atoms in total. The number of aromatic nitrogens is 2. The molecule has 1 aliphatic heterocycles. The van der Waals surface area contributed by atoms with Crippen molar-refractivity contribution >= 4 is 28.7 Å². The lowest BCUT2D eigenvalue weighted by molar-refractivity contribution is -0.142. The number of rotatable bonds is 9. The highest BCUT2D eigenvalue weighted by Crippen LogP contribution is 2.23. The van der Waals surface area contributed by atoms with Crippen LogP contribution in [0.4, 0.5) is 5.82 Å². The van der Waals surface area contributed by atoms with Gasteiger partial charge >= 0.3 is 11.9 Å². The van der Waals surface area contributed by atoms with Crippen LogP contribution >= 0.6 is 0 Å². The number of benzene rings is 2. The van der Waals surface area contributed by atoms with Crippen LogP contribution in [0.3, 0.4) is 0 Å². The number of hydrogen-bond acceptors (Lipinski definition) is 9. The van der Waals surface area contributed by atoms with Crippen LogP contribution in [0.15, 0.2) is 48.5 Å². The van der Waals surface area contributed by atoms with Crippen molar-refractivity contribution in [1.29, 1.82) is 0 Å². The van der Waals surface area contributed by atoms with Gasteiger partial charge in [0.25, 0.3) is 0 Å². The molecule has 0 unspecified atom stereocenters. The summed E-state index contributed by atoms with van der Waals surface area (Å²) in [6.45, 7) is 9.07. The Morgan fingerprint density at radius 1 is 0.892 bits per heavy atom. The van der Waals surface area contributed by atoms with Crippen LogP contribution in [-0.4, -0.2) is 78.1 Å². The van der Waals surface area contributed by atoms with E-state index in [2.05, 4.69) is 15.1 Å². The zero-order valence-corrected chi connectivity index (χ0v) is 21.9. The Hall–Kier alpha value is -3.56. The maximum absolute atomic E-state index is 12.4. The number of para-hydroxylation sites is 1. The summed E-state index contributed by atoms with van der Waals surface area (Å²) in [5, 5.41) is 4.20. The van der Waals surface area contributed by atoms with E-state index in [0.29, 0.717) is 17.9 Å². The van der Waals surface area contributed by atoms with Gasteiger partial charge in [0.1, 0.15) is 17.7 Å². The van der Waals surface area contributed by atoms with Gasteiger partial charge in [-0.05, 0) is 35.7 Å². The molecule has 1 fully saturated rings. The predicted molar refractivity (Wildman–Crippen MR) is 142 cm³/mol. The van der Waals surface area contributed by atoms with Crippen molar-refractivity contribution in [3.8, 4) is 0 Å². The zero-order chi connectivity index (χ0) is 26.4. The van der Waals surface area contributed by atoms with Crippen molar-refractivity contribution in [3.05, 3.63) is 65.5 Å². The molecule has 2 aromatic carbocycles. The molecule has 0 amide bonds. The summed E-state index contributed by atoms with van der Waals surface area (Å²) in [6, 6.07) is 14.9. The fourth-order valence-electron chi connectivity index (χ4n) is 4.51. The van der Waals surface area contributed by atoms with Crippen LogP contribution in [0.5, 0.6) is 0 Å². The van der Waals surface area contributed by atoms with Gasteiger partial charge in [-0.15, -0.1) is 0 Å². The Kier molecular flexibility index (Phi) is 8.68. The molecule has 1 atom stereocenters. The Labute approximate surface area is 217 Å². The van der Waals surface area contributed by atoms with Crippen molar-refractivity contribution in [2.24, 2.45) is 5.92 Å². The van der Waals surface area contributed by atoms with Gasteiger partial charge in [-0.3, -0.25) is 9.80 Å². The van der Waals surface area contributed by atoms with Crippen molar-refractivity contribution in [2.75, 3.05) is 45.7 Å². The van der Waals surface area contributed by atoms with Crippen LogP contribution in [0.1, 0.15) is 35.6 Å². The van der Waals surface area contributed by atoms with E-state index in [0.717, 1.165) is 49.5 Å². The maximum atomic E-state index is 12.4. The Bertz CT molecular complexity index is 1220. The van der Waals surface area contributed by atoms with Gasteiger partial charge in [-0.25, -0.2) is 19.6 Å². The molecule has 1 saturated heterocycles. The molecule has 0 bridgehead atoms. The molecular formula is C28H35N5O4. The van der Waals surface area contributed by atoms with Crippen molar-refractivity contribution in [3.63, 3.8) is 0 Å². The number of hydrogen-bond donors (Lipinski definition) is 1. The van der Waals surface area contributed by atoms with Gasteiger partial charge in [0.05, 0.1) is 31.8 Å². The first-order valence-electron chi connectivity index (χ1n) is 12.6. The quantitative estimate of drug-likeness (QED) is 0.439. The molecule has 4 rings (SSSR count). The summed E-state index contributed by atoms with van der Waals surface area (Å²) >= 11 is 0.